The molecule has 0 radical (unpaired) electrons. The van der Waals surface area contributed by atoms with Gasteiger partial charge in [-0.15, -0.1) is 0 Å². The van der Waals surface area contributed by atoms with Gasteiger partial charge in [-0.2, -0.15) is 5.10 Å². The average molecular weight is 337 g/mol. The number of carbonyl (C=O) groups excluding carboxylic acids is 2. The van der Waals surface area contributed by atoms with Crippen molar-refractivity contribution in [2.75, 3.05) is 13.1 Å². The minimum Gasteiger partial charge on any atom is -0.338 e. The van der Waals surface area contributed by atoms with E-state index in [1.807, 2.05) is 42.2 Å². The molecule has 1 saturated carbocycles. The molecule has 0 bridgehead atoms. The summed E-state index contributed by atoms with van der Waals surface area (Å²) in [6.45, 7) is 3.12. The highest BCUT2D eigenvalue weighted by molar-refractivity contribution is 6.00. The molecule has 25 heavy (non-hydrogen) atoms. The smallest absolute Gasteiger partial charge is 0.257 e. The first kappa shape index (κ1) is 16.1. The van der Waals surface area contributed by atoms with Gasteiger partial charge in [-0.25, -0.2) is 0 Å². The molecule has 5 nitrogen and oxygen atoms in total. The summed E-state index contributed by atoms with van der Waals surface area (Å²) in [4.78, 5) is 27.7. The Bertz CT molecular complexity index is 793. The first-order valence-electron chi connectivity index (χ1n) is 9.08. The van der Waals surface area contributed by atoms with E-state index in [9.17, 15) is 9.59 Å². The lowest BCUT2D eigenvalue weighted by Gasteiger charge is -2.32. The Kier molecular flexibility index (Phi) is 4.15. The van der Waals surface area contributed by atoms with Crippen LogP contribution in [0.25, 0.3) is 0 Å². The second-order valence-electron chi connectivity index (χ2n) is 7.20. The van der Waals surface area contributed by atoms with Crippen LogP contribution in [0.2, 0.25) is 0 Å². The molecule has 1 aromatic carbocycles. The number of Topliss-reactive ketones (excluding diaryl/α,β-unsaturated/α-hetero) is 1. The number of aromatic nitrogens is 2. The van der Waals surface area contributed by atoms with Crippen LogP contribution in [-0.2, 0) is 0 Å². The summed E-state index contributed by atoms with van der Waals surface area (Å²) in [6.07, 6.45) is 3.93. The van der Waals surface area contributed by atoms with Gasteiger partial charge >= 0.3 is 0 Å². The molecule has 0 spiro atoms. The van der Waals surface area contributed by atoms with Crippen molar-refractivity contribution in [3.63, 3.8) is 0 Å². The van der Waals surface area contributed by atoms with Crippen LogP contribution in [0.4, 0.5) is 0 Å². The van der Waals surface area contributed by atoms with Crippen LogP contribution in [0.1, 0.15) is 63.7 Å². The number of piperidine rings is 1. The molecule has 4 rings (SSSR count). The molecule has 1 amide bonds. The van der Waals surface area contributed by atoms with Gasteiger partial charge in [-0.1, -0.05) is 30.3 Å². The zero-order valence-corrected chi connectivity index (χ0v) is 14.5. The summed E-state index contributed by atoms with van der Waals surface area (Å²) in [5.74, 6) is 0.482. The van der Waals surface area contributed by atoms with E-state index in [0.29, 0.717) is 19.0 Å². The van der Waals surface area contributed by atoms with Gasteiger partial charge < -0.3 is 4.90 Å². The summed E-state index contributed by atoms with van der Waals surface area (Å²) >= 11 is 0. The van der Waals surface area contributed by atoms with Gasteiger partial charge in [0.2, 0.25) is 0 Å². The highest BCUT2D eigenvalue weighted by atomic mass is 16.2. The van der Waals surface area contributed by atoms with E-state index in [-0.39, 0.29) is 17.6 Å². The molecule has 1 aromatic heterocycles. The van der Waals surface area contributed by atoms with Crippen LogP contribution in [0.15, 0.2) is 30.3 Å². The molecule has 130 valence electrons. The minimum atomic E-state index is -0.114. The minimum absolute atomic E-state index is 0.0266. The fraction of sp³-hybridized carbons (Fsp3) is 0.450. The van der Waals surface area contributed by atoms with E-state index in [4.69, 9.17) is 0 Å². The average Bonchev–Trinajstić information content (AvgIpc) is 3.43. The van der Waals surface area contributed by atoms with Crippen molar-refractivity contribution >= 4 is 11.7 Å². The monoisotopic (exact) mass is 337 g/mol. The third kappa shape index (κ3) is 3.11. The Morgan fingerprint density at radius 2 is 1.92 bits per heavy atom. The molecule has 1 saturated heterocycles. The SMILES string of the molecule is Cc1[nH]nc(C2CC2)c1C(=O)N1CCC[C@@H](C(=O)c2ccccc2)C1. The number of nitrogens with zero attached hydrogens (tertiary/aromatic N) is 2. The molecule has 2 fully saturated rings. The van der Waals surface area contributed by atoms with Crippen molar-refractivity contribution in [2.45, 2.75) is 38.5 Å². The van der Waals surface area contributed by atoms with Crippen LogP contribution >= 0.6 is 0 Å². The van der Waals surface area contributed by atoms with E-state index >= 15 is 0 Å². The van der Waals surface area contributed by atoms with Gasteiger partial charge in [0.15, 0.2) is 5.78 Å². The Hall–Kier alpha value is -2.43. The maximum absolute atomic E-state index is 13.1. The highest BCUT2D eigenvalue weighted by Crippen LogP contribution is 2.41. The first-order valence-corrected chi connectivity index (χ1v) is 9.08. The number of likely N-dealkylation sites (tertiary alicyclic amines) is 1. The number of carbonyl (C=O) groups is 2. The van der Waals surface area contributed by atoms with Crippen molar-refractivity contribution in [3.05, 3.63) is 52.8 Å². The molecule has 1 aliphatic carbocycles. The predicted octanol–water partition coefficient (Wildman–Crippen LogP) is 3.33. The lowest BCUT2D eigenvalue weighted by Crippen LogP contribution is -2.42. The summed E-state index contributed by atoms with van der Waals surface area (Å²) in [5.41, 5.74) is 3.22. The Balaban J connectivity index is 1.52. The number of ketones is 1. The van der Waals surface area contributed by atoms with E-state index in [2.05, 4.69) is 10.2 Å². The van der Waals surface area contributed by atoms with Crippen molar-refractivity contribution in [2.24, 2.45) is 5.92 Å². The number of nitrogens with one attached hydrogen (secondary N) is 1. The fourth-order valence-electron chi connectivity index (χ4n) is 3.74. The zero-order chi connectivity index (χ0) is 17.4. The van der Waals surface area contributed by atoms with Crippen LogP contribution in [0, 0.1) is 12.8 Å². The summed E-state index contributed by atoms with van der Waals surface area (Å²) in [7, 11) is 0. The van der Waals surface area contributed by atoms with E-state index < -0.39 is 0 Å². The van der Waals surface area contributed by atoms with Gasteiger partial charge in [0.1, 0.15) is 0 Å². The second-order valence-corrected chi connectivity index (χ2v) is 7.20. The van der Waals surface area contributed by atoms with Crippen LogP contribution in [-0.4, -0.2) is 39.9 Å². The van der Waals surface area contributed by atoms with Gasteiger partial charge in [-0.05, 0) is 32.6 Å². The first-order chi connectivity index (χ1) is 12.1. The normalized spacial score (nSPS) is 20.5. The maximum atomic E-state index is 13.1. The molecule has 2 aliphatic rings. The third-order valence-electron chi connectivity index (χ3n) is 5.29. The second kappa shape index (κ2) is 6.47. The van der Waals surface area contributed by atoms with Crippen molar-refractivity contribution < 1.29 is 9.59 Å². The van der Waals surface area contributed by atoms with Crippen molar-refractivity contribution in [1.29, 1.82) is 0 Å². The van der Waals surface area contributed by atoms with E-state index in [1.165, 1.54) is 0 Å². The quantitative estimate of drug-likeness (QED) is 0.870. The number of H-pyrrole nitrogens is 1. The zero-order valence-electron chi connectivity index (χ0n) is 14.5. The van der Waals surface area contributed by atoms with E-state index in [0.717, 1.165) is 48.2 Å². The number of amides is 1. The standard InChI is InChI=1S/C20H23N3O2/c1-13-17(18(22-21-13)14-9-10-14)20(25)23-11-5-8-16(12-23)19(24)15-6-3-2-4-7-15/h2-4,6-7,14,16H,5,8-12H2,1H3,(H,21,22)/t16-/m1/s1. The third-order valence-corrected chi connectivity index (χ3v) is 5.29. The number of rotatable bonds is 4. The Morgan fingerprint density at radius 3 is 2.64 bits per heavy atom. The van der Waals surface area contributed by atoms with Crippen molar-refractivity contribution in [1.82, 2.24) is 15.1 Å². The molecule has 1 aliphatic heterocycles. The molecule has 5 heteroatoms. The number of aromatic amines is 1. The largest absolute Gasteiger partial charge is 0.338 e. The molecule has 0 unspecified atom stereocenters. The van der Waals surface area contributed by atoms with Gasteiger partial charge in [0.05, 0.1) is 11.3 Å². The van der Waals surface area contributed by atoms with Gasteiger partial charge in [0.25, 0.3) is 5.91 Å². The number of hydrogen-bond donors (Lipinski definition) is 1. The molecular formula is C20H23N3O2. The molecule has 2 aromatic rings. The van der Waals surface area contributed by atoms with E-state index in [1.54, 1.807) is 0 Å². The topological polar surface area (TPSA) is 66.1 Å². The molecule has 1 atom stereocenters. The van der Waals surface area contributed by atoms with Crippen LogP contribution < -0.4 is 0 Å². The number of benzene rings is 1. The lowest BCUT2D eigenvalue weighted by molar-refractivity contribution is 0.0635. The number of aryl methyl sites for hydroxylation is 1. The van der Waals surface area contributed by atoms with Crippen LogP contribution in [0.5, 0.6) is 0 Å². The summed E-state index contributed by atoms with van der Waals surface area (Å²) < 4.78 is 0. The van der Waals surface area contributed by atoms with Crippen molar-refractivity contribution in [3.8, 4) is 0 Å². The molecule has 1 N–H and O–H groups in total. The number of hydrogen-bond acceptors (Lipinski definition) is 3. The van der Waals surface area contributed by atoms with Crippen LogP contribution in [0.3, 0.4) is 0 Å². The molecule has 2 heterocycles. The molecular weight excluding hydrogens is 314 g/mol. The fourth-order valence-corrected chi connectivity index (χ4v) is 3.74. The summed E-state index contributed by atoms with van der Waals surface area (Å²) in [6, 6.07) is 9.39. The lowest BCUT2D eigenvalue weighted by atomic mass is 9.89. The predicted molar refractivity (Wildman–Crippen MR) is 94.7 cm³/mol. The Morgan fingerprint density at radius 1 is 1.16 bits per heavy atom. The Labute approximate surface area is 147 Å². The highest BCUT2D eigenvalue weighted by Gasteiger charge is 2.35. The van der Waals surface area contributed by atoms with Gasteiger partial charge in [0, 0.05) is 36.2 Å². The maximum Gasteiger partial charge on any atom is 0.257 e. The van der Waals surface area contributed by atoms with Gasteiger partial charge in [-0.3, -0.25) is 14.7 Å². The summed E-state index contributed by atoms with van der Waals surface area (Å²) in [5, 5.41) is 7.33.